The molecule has 214 valence electrons. The zero-order chi connectivity index (χ0) is 28.5. The van der Waals surface area contributed by atoms with Gasteiger partial charge >= 0.3 is 5.97 Å². The number of carboxylic acid groups (broad SMARTS) is 1. The molecule has 0 spiro atoms. The van der Waals surface area contributed by atoms with Gasteiger partial charge in [-0.1, -0.05) is 61.5 Å². The lowest BCUT2D eigenvalue weighted by molar-refractivity contribution is -0.141. The van der Waals surface area contributed by atoms with E-state index in [0.717, 1.165) is 67.3 Å². The number of pyridine rings is 1. The second-order valence-corrected chi connectivity index (χ2v) is 12.6. The van der Waals surface area contributed by atoms with E-state index in [1.165, 1.54) is 11.3 Å². The van der Waals surface area contributed by atoms with Crippen LogP contribution in [-0.2, 0) is 14.4 Å². The fraction of sp³-hybridized carbons (Fsp3) is 0.452. The maximum Gasteiger partial charge on any atom is 0.304 e. The normalized spacial score (nSPS) is 18.2. The van der Waals surface area contributed by atoms with Gasteiger partial charge < -0.3 is 5.11 Å². The standard InChI is InChI=1S/C31H33ClN4O4S/c32-25-15-21(17-33-29(25)35-13-5-10-27(35)37)23-8-3-4-9-24(23)26-18-41-31(34-26)36(22-11-12-22)30(40)20(16-28(38)39)14-19-6-1-2-7-19/h3-4,8-9,15,17-20,22H,1-2,5-7,10-14,16H2,(H,38,39)/t20-/m1/s1. The van der Waals surface area contributed by atoms with Crippen molar-refractivity contribution < 1.29 is 19.5 Å². The number of thiazole rings is 1. The number of halogens is 1. The smallest absolute Gasteiger partial charge is 0.304 e. The lowest BCUT2D eigenvalue weighted by Gasteiger charge is -2.26. The third kappa shape index (κ3) is 6.02. The Balaban J connectivity index is 1.28. The topological polar surface area (TPSA) is 104 Å². The molecule has 0 bridgehead atoms. The summed E-state index contributed by atoms with van der Waals surface area (Å²) in [5.41, 5.74) is 3.32. The molecule has 41 heavy (non-hydrogen) atoms. The molecule has 0 radical (unpaired) electrons. The number of benzene rings is 1. The minimum absolute atomic E-state index is 0.0335. The summed E-state index contributed by atoms with van der Waals surface area (Å²) in [5.74, 6) is -0.648. The molecule has 3 heterocycles. The number of amides is 2. The Morgan fingerprint density at radius 2 is 1.88 bits per heavy atom. The van der Waals surface area contributed by atoms with Crippen molar-refractivity contribution in [2.45, 2.75) is 70.3 Å². The van der Waals surface area contributed by atoms with Crippen LogP contribution in [0, 0.1) is 11.8 Å². The van der Waals surface area contributed by atoms with E-state index in [0.29, 0.717) is 41.3 Å². The van der Waals surface area contributed by atoms with Gasteiger partial charge in [0.05, 0.1) is 17.1 Å². The quantitative estimate of drug-likeness (QED) is 0.277. The highest BCUT2D eigenvalue weighted by molar-refractivity contribution is 7.14. The van der Waals surface area contributed by atoms with Crippen LogP contribution in [0.25, 0.3) is 22.4 Å². The first-order chi connectivity index (χ1) is 19.9. The maximum absolute atomic E-state index is 13.9. The summed E-state index contributed by atoms with van der Waals surface area (Å²) in [5, 5.41) is 12.6. The van der Waals surface area contributed by atoms with E-state index in [2.05, 4.69) is 4.98 Å². The van der Waals surface area contributed by atoms with Crippen molar-refractivity contribution in [3.63, 3.8) is 0 Å². The van der Waals surface area contributed by atoms with Crippen LogP contribution < -0.4 is 9.80 Å². The van der Waals surface area contributed by atoms with Crippen LogP contribution in [0.4, 0.5) is 10.9 Å². The molecule has 3 aromatic rings. The van der Waals surface area contributed by atoms with Gasteiger partial charge in [-0.05, 0) is 43.2 Å². The number of aromatic nitrogens is 2. The van der Waals surface area contributed by atoms with Gasteiger partial charge in [-0.3, -0.25) is 24.2 Å². The summed E-state index contributed by atoms with van der Waals surface area (Å²) in [6.07, 6.45) is 9.76. The SMILES string of the molecule is O=C(O)C[C@@H](CC1CCCC1)C(=O)N(c1nc(-c2ccccc2-c2cnc(N3CCCC3=O)c(Cl)c2)cs1)C1CC1. The minimum atomic E-state index is -0.932. The monoisotopic (exact) mass is 592 g/mol. The number of anilines is 2. The molecule has 0 unspecified atom stereocenters. The van der Waals surface area contributed by atoms with Gasteiger partial charge in [0.2, 0.25) is 11.8 Å². The van der Waals surface area contributed by atoms with Crippen molar-refractivity contribution in [1.29, 1.82) is 0 Å². The van der Waals surface area contributed by atoms with E-state index in [4.69, 9.17) is 16.6 Å². The van der Waals surface area contributed by atoms with E-state index in [1.54, 1.807) is 16.0 Å². The summed E-state index contributed by atoms with van der Waals surface area (Å²) in [4.78, 5) is 50.7. The lowest BCUT2D eigenvalue weighted by Crippen LogP contribution is -2.39. The van der Waals surface area contributed by atoms with Crippen molar-refractivity contribution in [3.8, 4) is 22.4 Å². The highest BCUT2D eigenvalue weighted by Gasteiger charge is 2.40. The molecule has 2 saturated carbocycles. The van der Waals surface area contributed by atoms with Gasteiger partial charge in [0.15, 0.2) is 10.9 Å². The molecular formula is C31H33ClN4O4S. The number of carboxylic acids is 1. The van der Waals surface area contributed by atoms with E-state index in [1.807, 2.05) is 35.7 Å². The minimum Gasteiger partial charge on any atom is -0.481 e. The van der Waals surface area contributed by atoms with Crippen LogP contribution in [0.15, 0.2) is 41.9 Å². The number of carbonyl (C=O) groups excluding carboxylic acids is 2. The molecule has 2 aromatic heterocycles. The van der Waals surface area contributed by atoms with Crippen molar-refractivity contribution in [1.82, 2.24) is 9.97 Å². The highest BCUT2D eigenvalue weighted by Crippen LogP contribution is 2.41. The third-order valence-corrected chi connectivity index (χ3v) is 9.49. The number of carbonyl (C=O) groups is 3. The Bertz CT molecular complexity index is 1470. The highest BCUT2D eigenvalue weighted by atomic mass is 35.5. The van der Waals surface area contributed by atoms with E-state index in [-0.39, 0.29) is 24.3 Å². The molecule has 3 fully saturated rings. The summed E-state index contributed by atoms with van der Waals surface area (Å²) < 4.78 is 0. The van der Waals surface area contributed by atoms with Gasteiger partial charge in [0.1, 0.15) is 0 Å². The van der Waals surface area contributed by atoms with Crippen LogP contribution in [0.2, 0.25) is 5.02 Å². The zero-order valence-electron chi connectivity index (χ0n) is 22.8. The summed E-state index contributed by atoms with van der Waals surface area (Å²) in [6.45, 7) is 0.618. The molecule has 1 N–H and O–H groups in total. The largest absolute Gasteiger partial charge is 0.481 e. The van der Waals surface area contributed by atoms with Crippen molar-refractivity contribution in [2.24, 2.45) is 11.8 Å². The fourth-order valence-corrected chi connectivity index (χ4v) is 7.36. The fourth-order valence-electron chi connectivity index (χ4n) is 6.20. The molecule has 1 aromatic carbocycles. The molecule has 2 aliphatic carbocycles. The average molecular weight is 593 g/mol. The Kier molecular flexibility index (Phi) is 8.08. The van der Waals surface area contributed by atoms with Crippen molar-refractivity contribution in [3.05, 3.63) is 46.9 Å². The van der Waals surface area contributed by atoms with Crippen LogP contribution in [0.1, 0.15) is 64.2 Å². The van der Waals surface area contributed by atoms with Crippen LogP contribution >= 0.6 is 22.9 Å². The molecule has 1 aliphatic heterocycles. The lowest BCUT2D eigenvalue weighted by atomic mass is 9.90. The van der Waals surface area contributed by atoms with Gasteiger partial charge in [-0.2, -0.15) is 0 Å². The Morgan fingerprint density at radius 3 is 2.54 bits per heavy atom. The Labute approximate surface area is 248 Å². The first kappa shape index (κ1) is 27.8. The first-order valence-electron chi connectivity index (χ1n) is 14.4. The molecule has 1 saturated heterocycles. The van der Waals surface area contributed by atoms with Gasteiger partial charge in [0.25, 0.3) is 0 Å². The predicted molar refractivity (Wildman–Crippen MR) is 160 cm³/mol. The molecule has 1 atom stereocenters. The van der Waals surface area contributed by atoms with E-state index in [9.17, 15) is 19.5 Å². The molecular weight excluding hydrogens is 560 g/mol. The van der Waals surface area contributed by atoms with Gasteiger partial charge in [-0.25, -0.2) is 9.97 Å². The van der Waals surface area contributed by atoms with Crippen molar-refractivity contribution >= 4 is 51.7 Å². The number of hydrogen-bond donors (Lipinski definition) is 1. The number of aliphatic carboxylic acids is 1. The maximum atomic E-state index is 13.9. The third-order valence-electron chi connectivity index (χ3n) is 8.38. The average Bonchev–Trinajstić information content (AvgIpc) is 3.29. The Hall–Kier alpha value is -3.30. The van der Waals surface area contributed by atoms with E-state index < -0.39 is 11.9 Å². The first-order valence-corrected chi connectivity index (χ1v) is 15.7. The summed E-state index contributed by atoms with van der Waals surface area (Å²) >= 11 is 8.03. The van der Waals surface area contributed by atoms with E-state index >= 15 is 0 Å². The molecule has 3 aliphatic rings. The number of rotatable bonds is 10. The van der Waals surface area contributed by atoms with Crippen molar-refractivity contribution in [2.75, 3.05) is 16.3 Å². The van der Waals surface area contributed by atoms with Gasteiger partial charge in [0, 0.05) is 47.6 Å². The molecule has 10 heteroatoms. The molecule has 6 rings (SSSR count). The second kappa shape index (κ2) is 11.9. The summed E-state index contributed by atoms with van der Waals surface area (Å²) in [6, 6.07) is 9.75. The molecule has 8 nitrogen and oxygen atoms in total. The summed E-state index contributed by atoms with van der Waals surface area (Å²) in [7, 11) is 0. The van der Waals surface area contributed by atoms with Crippen LogP contribution in [-0.4, -0.2) is 45.4 Å². The molecule has 2 amide bonds. The second-order valence-electron chi connectivity index (χ2n) is 11.4. The zero-order valence-corrected chi connectivity index (χ0v) is 24.4. The number of nitrogens with zero attached hydrogens (tertiary/aromatic N) is 4. The predicted octanol–water partition coefficient (Wildman–Crippen LogP) is 6.82. The van der Waals surface area contributed by atoms with Crippen LogP contribution in [0.3, 0.4) is 0 Å². The number of hydrogen-bond acceptors (Lipinski definition) is 6. The van der Waals surface area contributed by atoms with Crippen LogP contribution in [0.5, 0.6) is 0 Å². The van der Waals surface area contributed by atoms with Gasteiger partial charge in [-0.15, -0.1) is 11.3 Å². The Morgan fingerprint density at radius 1 is 1.12 bits per heavy atom.